The number of methoxy groups -OCH3 is 2. The molecular formula is C11H18N2O5S. The minimum Gasteiger partial charge on any atom is -0.480 e. The molecule has 2 aliphatic rings. The van der Waals surface area contributed by atoms with E-state index in [1.165, 1.54) is 16.7 Å². The molecule has 0 aromatic carbocycles. The van der Waals surface area contributed by atoms with E-state index in [0.717, 1.165) is 0 Å². The van der Waals surface area contributed by atoms with Crippen molar-refractivity contribution in [3.05, 3.63) is 0 Å². The summed E-state index contributed by atoms with van der Waals surface area (Å²) in [5.74, 6) is -0.0955. The van der Waals surface area contributed by atoms with Gasteiger partial charge in [0.2, 0.25) is 0 Å². The molecule has 8 heteroatoms. The molecule has 7 nitrogen and oxygen atoms in total. The highest BCUT2D eigenvalue weighted by atomic mass is 32.2. The van der Waals surface area contributed by atoms with Crippen LogP contribution in [0.3, 0.4) is 0 Å². The van der Waals surface area contributed by atoms with Crippen molar-refractivity contribution in [3.8, 4) is 0 Å². The first-order valence-corrected chi connectivity index (χ1v) is 7.15. The standard InChI is InChI=1S/C11H18N2O5S/c1-17-8-3-12(4-9(8)18-2)11(16)13-6-19-5-7(13)10(14)15/h7-9H,3-6H2,1-2H3,(H,14,15)/t7-,8?,9?/m0/s1. The highest BCUT2D eigenvalue weighted by Gasteiger charge is 2.42. The summed E-state index contributed by atoms with van der Waals surface area (Å²) >= 11 is 1.45. The Labute approximate surface area is 115 Å². The van der Waals surface area contributed by atoms with Gasteiger partial charge in [-0.1, -0.05) is 0 Å². The fourth-order valence-corrected chi connectivity index (χ4v) is 3.51. The van der Waals surface area contributed by atoms with Crippen LogP contribution < -0.4 is 0 Å². The number of carboxylic acid groups (broad SMARTS) is 1. The van der Waals surface area contributed by atoms with Gasteiger partial charge in [-0.15, -0.1) is 11.8 Å². The first-order valence-electron chi connectivity index (χ1n) is 6.00. The number of nitrogens with zero attached hydrogens (tertiary/aromatic N) is 2. The molecule has 2 aliphatic heterocycles. The Balaban J connectivity index is 2.02. The Morgan fingerprint density at radius 3 is 2.26 bits per heavy atom. The summed E-state index contributed by atoms with van der Waals surface area (Å²) in [4.78, 5) is 26.4. The molecule has 0 aromatic heterocycles. The van der Waals surface area contributed by atoms with Gasteiger partial charge in [0.15, 0.2) is 0 Å². The fourth-order valence-electron chi connectivity index (χ4n) is 2.37. The predicted molar refractivity (Wildman–Crippen MR) is 69.2 cm³/mol. The number of urea groups is 1. The van der Waals surface area contributed by atoms with Crippen LogP contribution in [0.15, 0.2) is 0 Å². The molecule has 0 bridgehead atoms. The monoisotopic (exact) mass is 290 g/mol. The van der Waals surface area contributed by atoms with Crippen molar-refractivity contribution in [1.29, 1.82) is 0 Å². The van der Waals surface area contributed by atoms with Gasteiger partial charge in [0, 0.05) is 20.0 Å². The van der Waals surface area contributed by atoms with Crippen molar-refractivity contribution in [2.24, 2.45) is 0 Å². The van der Waals surface area contributed by atoms with Crippen LogP contribution in [0.2, 0.25) is 0 Å². The number of amides is 2. The van der Waals surface area contributed by atoms with Crippen molar-refractivity contribution < 1.29 is 24.2 Å². The van der Waals surface area contributed by atoms with Crippen LogP contribution in [0.5, 0.6) is 0 Å². The van der Waals surface area contributed by atoms with Gasteiger partial charge in [0.1, 0.15) is 18.2 Å². The Hall–Kier alpha value is -0.990. The summed E-state index contributed by atoms with van der Waals surface area (Å²) in [6.45, 7) is 0.864. The number of thioether (sulfide) groups is 1. The maximum atomic E-state index is 12.3. The van der Waals surface area contributed by atoms with E-state index >= 15 is 0 Å². The highest BCUT2D eigenvalue weighted by molar-refractivity contribution is 7.99. The average Bonchev–Trinajstić information content (AvgIpc) is 3.03. The second-order valence-corrected chi connectivity index (χ2v) is 5.56. The zero-order valence-corrected chi connectivity index (χ0v) is 11.8. The van der Waals surface area contributed by atoms with Gasteiger partial charge in [-0.05, 0) is 0 Å². The zero-order chi connectivity index (χ0) is 14.0. The molecule has 0 radical (unpaired) electrons. The Bertz CT molecular complexity index is 355. The number of carbonyl (C=O) groups excluding carboxylic acids is 1. The molecule has 2 amide bonds. The quantitative estimate of drug-likeness (QED) is 0.782. The number of carbonyl (C=O) groups is 2. The van der Waals surface area contributed by atoms with Crippen LogP contribution in [-0.2, 0) is 14.3 Å². The van der Waals surface area contributed by atoms with E-state index in [0.29, 0.717) is 24.7 Å². The fraction of sp³-hybridized carbons (Fsp3) is 0.818. The number of aliphatic carboxylic acids is 1. The topological polar surface area (TPSA) is 79.3 Å². The molecule has 0 spiro atoms. The molecule has 3 atom stereocenters. The minimum atomic E-state index is -0.955. The molecule has 0 aliphatic carbocycles. The number of hydrogen-bond acceptors (Lipinski definition) is 5. The molecule has 2 fully saturated rings. The third-order valence-corrected chi connectivity index (χ3v) is 4.52. The lowest BCUT2D eigenvalue weighted by Crippen LogP contribution is -2.48. The summed E-state index contributed by atoms with van der Waals surface area (Å²) in [5.41, 5.74) is 0. The molecule has 0 saturated carbocycles. The summed E-state index contributed by atoms with van der Waals surface area (Å²) in [7, 11) is 3.16. The van der Waals surface area contributed by atoms with Crippen LogP contribution in [0, 0.1) is 0 Å². The second kappa shape index (κ2) is 5.98. The predicted octanol–water partition coefficient (Wildman–Crippen LogP) is -0.0885. The second-order valence-electron chi connectivity index (χ2n) is 4.56. The molecule has 2 heterocycles. The first kappa shape index (κ1) is 14.4. The normalized spacial score (nSPS) is 30.9. The van der Waals surface area contributed by atoms with Gasteiger partial charge < -0.3 is 24.4 Å². The van der Waals surface area contributed by atoms with Crippen molar-refractivity contribution in [2.45, 2.75) is 18.2 Å². The SMILES string of the molecule is COC1CN(C(=O)N2CSC[C@H]2C(=O)O)CC1OC. The van der Waals surface area contributed by atoms with E-state index in [1.807, 2.05) is 0 Å². The number of likely N-dealkylation sites (tertiary alicyclic amines) is 1. The van der Waals surface area contributed by atoms with E-state index in [2.05, 4.69) is 0 Å². The highest BCUT2D eigenvalue weighted by Crippen LogP contribution is 2.25. The maximum Gasteiger partial charge on any atom is 0.327 e. The molecule has 2 unspecified atom stereocenters. The van der Waals surface area contributed by atoms with Gasteiger partial charge in [-0.3, -0.25) is 0 Å². The van der Waals surface area contributed by atoms with Gasteiger partial charge >= 0.3 is 12.0 Å². The number of rotatable bonds is 3. The summed E-state index contributed by atoms with van der Waals surface area (Å²) in [5, 5.41) is 9.10. The molecule has 108 valence electrons. The Kier molecular flexibility index (Phi) is 4.54. The van der Waals surface area contributed by atoms with Gasteiger partial charge in [-0.2, -0.15) is 0 Å². The molecular weight excluding hydrogens is 272 g/mol. The molecule has 1 N–H and O–H groups in total. The van der Waals surface area contributed by atoms with Gasteiger partial charge in [0.05, 0.1) is 19.0 Å². The van der Waals surface area contributed by atoms with Crippen LogP contribution >= 0.6 is 11.8 Å². The van der Waals surface area contributed by atoms with Gasteiger partial charge in [0.25, 0.3) is 0 Å². The minimum absolute atomic E-state index is 0.160. The number of ether oxygens (including phenoxy) is 2. The third-order valence-electron chi connectivity index (χ3n) is 3.50. The average molecular weight is 290 g/mol. The van der Waals surface area contributed by atoms with Crippen LogP contribution in [0.4, 0.5) is 4.79 Å². The summed E-state index contributed by atoms with van der Waals surface area (Å²) in [6, 6.07) is -0.987. The Morgan fingerprint density at radius 1 is 1.21 bits per heavy atom. The van der Waals surface area contributed by atoms with Crippen LogP contribution in [0.25, 0.3) is 0 Å². The number of hydrogen-bond donors (Lipinski definition) is 1. The van der Waals surface area contributed by atoms with Crippen LogP contribution in [0.1, 0.15) is 0 Å². The Morgan fingerprint density at radius 2 is 1.79 bits per heavy atom. The third kappa shape index (κ3) is 2.80. The molecule has 2 rings (SSSR count). The van der Waals surface area contributed by atoms with Crippen molar-refractivity contribution >= 4 is 23.8 Å². The van der Waals surface area contributed by atoms with Crippen molar-refractivity contribution in [2.75, 3.05) is 38.9 Å². The van der Waals surface area contributed by atoms with Gasteiger partial charge in [-0.25, -0.2) is 9.59 Å². The molecule has 19 heavy (non-hydrogen) atoms. The van der Waals surface area contributed by atoms with Crippen molar-refractivity contribution in [1.82, 2.24) is 9.80 Å². The van der Waals surface area contributed by atoms with E-state index in [1.54, 1.807) is 19.1 Å². The van der Waals surface area contributed by atoms with E-state index in [9.17, 15) is 9.59 Å². The van der Waals surface area contributed by atoms with E-state index in [4.69, 9.17) is 14.6 Å². The smallest absolute Gasteiger partial charge is 0.327 e. The lowest BCUT2D eigenvalue weighted by atomic mass is 10.3. The van der Waals surface area contributed by atoms with Crippen molar-refractivity contribution in [3.63, 3.8) is 0 Å². The first-order chi connectivity index (χ1) is 9.08. The molecule has 0 aromatic rings. The maximum absolute atomic E-state index is 12.3. The van der Waals surface area contributed by atoms with E-state index < -0.39 is 12.0 Å². The summed E-state index contributed by atoms with van der Waals surface area (Å²) < 4.78 is 10.5. The lowest BCUT2D eigenvalue weighted by Gasteiger charge is -2.26. The summed E-state index contributed by atoms with van der Waals surface area (Å²) in [6.07, 6.45) is -0.319. The van der Waals surface area contributed by atoms with E-state index in [-0.39, 0.29) is 18.2 Å². The molecule has 2 saturated heterocycles. The van der Waals surface area contributed by atoms with Crippen LogP contribution in [-0.4, -0.2) is 84.1 Å². The lowest BCUT2D eigenvalue weighted by molar-refractivity contribution is -0.140. The largest absolute Gasteiger partial charge is 0.480 e. The number of carboxylic acids is 1. The zero-order valence-electron chi connectivity index (χ0n) is 10.9.